The number of hydrogen-bond acceptors (Lipinski definition) is 5. The number of carbonyl (C=O) groups is 1. The predicted molar refractivity (Wildman–Crippen MR) is 116 cm³/mol. The molecule has 0 aromatic heterocycles. The number of ether oxygens (including phenoxy) is 1. The van der Waals surface area contributed by atoms with Crippen molar-refractivity contribution in [3.8, 4) is 0 Å². The SMILES string of the molecule is Cc1cc(C=N)c(NPI)cc1C1CCN(C(=O)OC(C)(C)C)CC1O. The van der Waals surface area contributed by atoms with Crippen LogP contribution in [0.15, 0.2) is 12.1 Å². The topological polar surface area (TPSA) is 85.7 Å². The standard InChI is InChI=1S/C18H27IN3O3P/c1-11-7-12(9-20)15(21-26-19)8-14(11)13-5-6-22(10-16(13)23)17(24)25-18(2,3)4/h7-9,13,16,20-21,23,26H,5-6,10H2,1-4H3. The van der Waals surface area contributed by atoms with E-state index < -0.39 is 11.7 Å². The van der Waals surface area contributed by atoms with Crippen LogP contribution in [-0.4, -0.2) is 47.1 Å². The second-order valence-electron chi connectivity index (χ2n) is 7.55. The zero-order chi connectivity index (χ0) is 19.5. The molecule has 0 aliphatic carbocycles. The van der Waals surface area contributed by atoms with Crippen molar-refractivity contribution in [3.05, 3.63) is 28.8 Å². The number of carbonyl (C=O) groups excluding carboxylic acids is 1. The van der Waals surface area contributed by atoms with Crippen LogP contribution in [0.4, 0.5) is 10.5 Å². The van der Waals surface area contributed by atoms with Crippen LogP contribution in [0.2, 0.25) is 0 Å². The molecule has 3 N–H and O–H groups in total. The molecular formula is C18H27IN3O3P. The molecule has 0 saturated carbocycles. The lowest BCUT2D eigenvalue weighted by atomic mass is 9.84. The first-order chi connectivity index (χ1) is 12.2. The van der Waals surface area contributed by atoms with Crippen LogP contribution >= 0.6 is 28.4 Å². The van der Waals surface area contributed by atoms with Gasteiger partial charge in [0.15, 0.2) is 0 Å². The Morgan fingerprint density at radius 3 is 2.73 bits per heavy atom. The third-order valence-corrected chi connectivity index (χ3v) is 5.58. The van der Waals surface area contributed by atoms with Gasteiger partial charge in [-0.1, -0.05) is 0 Å². The molecule has 8 heteroatoms. The number of aliphatic hydroxyl groups is 1. The van der Waals surface area contributed by atoms with Gasteiger partial charge in [-0.2, -0.15) is 0 Å². The summed E-state index contributed by atoms with van der Waals surface area (Å²) in [6, 6.07) is 4.02. The summed E-state index contributed by atoms with van der Waals surface area (Å²) in [5.41, 5.74) is 3.34. The first kappa shape index (κ1) is 21.4. The molecule has 1 aliphatic heterocycles. The molecule has 0 spiro atoms. The van der Waals surface area contributed by atoms with E-state index in [0.29, 0.717) is 19.3 Å². The van der Waals surface area contributed by atoms with Gasteiger partial charge in [0.05, 0.1) is 12.6 Å². The lowest BCUT2D eigenvalue weighted by Gasteiger charge is -2.37. The van der Waals surface area contributed by atoms with Crippen molar-refractivity contribution >= 4 is 46.4 Å². The normalized spacial score (nSPS) is 21.1. The van der Waals surface area contributed by atoms with Gasteiger partial charge in [0, 0.05) is 36.3 Å². The van der Waals surface area contributed by atoms with Crippen molar-refractivity contribution in [2.45, 2.75) is 51.7 Å². The van der Waals surface area contributed by atoms with Crippen molar-refractivity contribution in [3.63, 3.8) is 0 Å². The van der Waals surface area contributed by atoms with Crippen LogP contribution in [0.5, 0.6) is 0 Å². The van der Waals surface area contributed by atoms with Crippen LogP contribution in [0.3, 0.4) is 0 Å². The highest BCUT2D eigenvalue weighted by atomic mass is 127. The largest absolute Gasteiger partial charge is 0.444 e. The lowest BCUT2D eigenvalue weighted by Crippen LogP contribution is -2.47. The molecule has 1 aromatic rings. The van der Waals surface area contributed by atoms with Crippen molar-refractivity contribution in [2.24, 2.45) is 0 Å². The third-order valence-electron chi connectivity index (χ3n) is 4.41. The number of hydrogen-bond donors (Lipinski definition) is 3. The van der Waals surface area contributed by atoms with Gasteiger partial charge in [-0.25, -0.2) is 4.79 Å². The number of nitrogens with one attached hydrogen (secondary N) is 2. The number of piperidine rings is 1. The molecule has 26 heavy (non-hydrogen) atoms. The van der Waals surface area contributed by atoms with Crippen LogP contribution in [0, 0.1) is 12.3 Å². The third kappa shape index (κ3) is 5.30. The summed E-state index contributed by atoms with van der Waals surface area (Å²) in [5.74, 6) is -0.0356. The van der Waals surface area contributed by atoms with Crippen LogP contribution in [-0.2, 0) is 4.74 Å². The van der Waals surface area contributed by atoms with E-state index in [4.69, 9.17) is 10.1 Å². The van der Waals surface area contributed by atoms with Gasteiger partial charge < -0.3 is 25.2 Å². The summed E-state index contributed by atoms with van der Waals surface area (Å²) < 4.78 is 5.41. The molecular weight excluding hydrogens is 464 g/mol. The number of amides is 1. The first-order valence-corrected chi connectivity index (χ1v) is 12.7. The minimum atomic E-state index is -0.643. The van der Waals surface area contributed by atoms with E-state index in [0.717, 1.165) is 22.4 Å². The van der Waals surface area contributed by atoms with Crippen LogP contribution in [0.25, 0.3) is 0 Å². The summed E-state index contributed by atoms with van der Waals surface area (Å²) in [5, 5.41) is 21.6. The maximum absolute atomic E-state index is 12.2. The number of likely N-dealkylation sites (tertiary alicyclic amines) is 1. The fourth-order valence-corrected chi connectivity index (χ4v) is 4.40. The Kier molecular flexibility index (Phi) is 7.27. The number of rotatable bonds is 4. The van der Waals surface area contributed by atoms with Gasteiger partial charge >= 0.3 is 6.09 Å². The molecule has 144 valence electrons. The Bertz CT molecular complexity index is 678. The highest BCUT2D eigenvalue weighted by Gasteiger charge is 2.34. The number of aliphatic hydroxyl groups excluding tert-OH is 1. The molecule has 2 rings (SSSR count). The number of benzene rings is 1. The highest BCUT2D eigenvalue weighted by molar-refractivity contribution is 14.2. The molecule has 1 fully saturated rings. The smallest absolute Gasteiger partial charge is 0.410 e. The monoisotopic (exact) mass is 491 g/mol. The molecule has 1 amide bonds. The fourth-order valence-electron chi connectivity index (χ4n) is 3.21. The van der Waals surface area contributed by atoms with Gasteiger partial charge in [-0.05, 0) is 79.4 Å². The molecule has 1 heterocycles. The van der Waals surface area contributed by atoms with Gasteiger partial charge in [0.1, 0.15) is 5.60 Å². The zero-order valence-corrected chi connectivity index (χ0v) is 18.8. The number of anilines is 1. The molecule has 0 radical (unpaired) electrons. The second-order valence-corrected chi connectivity index (χ2v) is 9.61. The average molecular weight is 491 g/mol. The van der Waals surface area contributed by atoms with Crippen molar-refractivity contribution in [2.75, 3.05) is 18.2 Å². The minimum Gasteiger partial charge on any atom is -0.444 e. The van der Waals surface area contributed by atoms with E-state index in [1.54, 1.807) is 4.90 Å². The Labute approximate surface area is 169 Å². The van der Waals surface area contributed by atoms with Crippen molar-refractivity contribution in [1.82, 2.24) is 4.90 Å². The zero-order valence-electron chi connectivity index (χ0n) is 15.6. The minimum absolute atomic E-state index is 0.0356. The van der Waals surface area contributed by atoms with E-state index in [9.17, 15) is 9.90 Å². The van der Waals surface area contributed by atoms with Gasteiger partial charge in [0.2, 0.25) is 0 Å². The number of aryl methyl sites for hydroxylation is 1. The van der Waals surface area contributed by atoms with Crippen LogP contribution in [0.1, 0.15) is 49.8 Å². The molecule has 3 atom stereocenters. The summed E-state index contributed by atoms with van der Waals surface area (Å²) in [6.07, 6.45) is 1.51. The van der Waals surface area contributed by atoms with E-state index in [-0.39, 0.29) is 18.6 Å². The maximum atomic E-state index is 12.2. The molecule has 1 aromatic carbocycles. The summed E-state index contributed by atoms with van der Waals surface area (Å²) in [4.78, 5) is 13.8. The predicted octanol–water partition coefficient (Wildman–Crippen LogP) is 4.43. The molecule has 1 aliphatic rings. The molecule has 1 saturated heterocycles. The Hall–Kier alpha value is -0.920. The van der Waals surface area contributed by atoms with E-state index >= 15 is 0 Å². The molecule has 0 bridgehead atoms. The molecule has 6 nitrogen and oxygen atoms in total. The first-order valence-electron chi connectivity index (χ1n) is 8.59. The van der Waals surface area contributed by atoms with Gasteiger partial charge in [-0.3, -0.25) is 0 Å². The fraction of sp³-hybridized carbons (Fsp3) is 0.556. The van der Waals surface area contributed by atoms with Crippen LogP contribution < -0.4 is 5.09 Å². The Balaban J connectivity index is 2.18. The van der Waals surface area contributed by atoms with Crippen molar-refractivity contribution < 1.29 is 14.6 Å². The van der Waals surface area contributed by atoms with E-state index in [1.165, 1.54) is 6.21 Å². The number of halogens is 1. The van der Waals surface area contributed by atoms with Gasteiger partial charge in [0.25, 0.3) is 0 Å². The highest BCUT2D eigenvalue weighted by Crippen LogP contribution is 2.36. The summed E-state index contributed by atoms with van der Waals surface area (Å²) >= 11 is 2.26. The lowest BCUT2D eigenvalue weighted by molar-refractivity contribution is -0.00156. The maximum Gasteiger partial charge on any atom is 0.410 e. The second kappa shape index (κ2) is 8.85. The number of β-amino-alcohol motifs (C(OH)–C–C–N with tert-alkyl or cyclic N) is 1. The quantitative estimate of drug-likeness (QED) is 0.331. The van der Waals surface area contributed by atoms with E-state index in [1.807, 2.05) is 39.8 Å². The summed E-state index contributed by atoms with van der Waals surface area (Å²) in [7, 11) is 0. The summed E-state index contributed by atoms with van der Waals surface area (Å²) in [6.45, 7) is 8.34. The Morgan fingerprint density at radius 1 is 1.50 bits per heavy atom. The Morgan fingerprint density at radius 2 is 2.19 bits per heavy atom. The number of nitrogens with zero attached hydrogens (tertiary/aromatic N) is 1. The van der Waals surface area contributed by atoms with Gasteiger partial charge in [-0.15, -0.1) is 0 Å². The average Bonchev–Trinajstić information content (AvgIpc) is 2.55. The van der Waals surface area contributed by atoms with E-state index in [2.05, 4.69) is 27.1 Å². The van der Waals surface area contributed by atoms with Crippen molar-refractivity contribution in [1.29, 1.82) is 5.41 Å². The molecule has 3 unspecified atom stereocenters.